The SMILES string of the molecule is C[C@H](NCc1c(O)cccc1Cl)c1ccccc1Cl. The highest BCUT2D eigenvalue weighted by Crippen LogP contribution is 2.27. The molecule has 0 fully saturated rings. The molecule has 2 aromatic carbocycles. The molecule has 19 heavy (non-hydrogen) atoms. The van der Waals surface area contributed by atoms with Crippen LogP contribution in [0.5, 0.6) is 5.75 Å². The number of rotatable bonds is 4. The van der Waals surface area contributed by atoms with Crippen molar-refractivity contribution < 1.29 is 5.11 Å². The third-order valence-corrected chi connectivity index (χ3v) is 3.75. The second-order valence-electron chi connectivity index (χ2n) is 4.36. The summed E-state index contributed by atoms with van der Waals surface area (Å²) in [6, 6.07) is 12.9. The molecule has 0 aliphatic rings. The molecular weight excluding hydrogens is 281 g/mol. The van der Waals surface area contributed by atoms with Crippen molar-refractivity contribution in [3.05, 3.63) is 63.6 Å². The van der Waals surface area contributed by atoms with Crippen LogP contribution in [0.15, 0.2) is 42.5 Å². The molecule has 2 nitrogen and oxygen atoms in total. The summed E-state index contributed by atoms with van der Waals surface area (Å²) in [5.74, 6) is 0.200. The fourth-order valence-corrected chi connectivity index (χ4v) is 2.45. The molecule has 1 atom stereocenters. The zero-order chi connectivity index (χ0) is 13.8. The number of benzene rings is 2. The zero-order valence-electron chi connectivity index (χ0n) is 10.5. The van der Waals surface area contributed by atoms with Crippen LogP contribution in [0.4, 0.5) is 0 Å². The molecule has 2 N–H and O–H groups in total. The molecule has 0 aromatic heterocycles. The normalized spacial score (nSPS) is 12.4. The number of phenols is 1. The molecule has 0 saturated carbocycles. The summed E-state index contributed by atoms with van der Waals surface area (Å²) in [5.41, 5.74) is 1.72. The number of aromatic hydroxyl groups is 1. The fraction of sp³-hybridized carbons (Fsp3) is 0.200. The first kappa shape index (κ1) is 14.2. The van der Waals surface area contributed by atoms with Crippen LogP contribution in [0.25, 0.3) is 0 Å². The Hall–Kier alpha value is -1.22. The molecule has 0 radical (unpaired) electrons. The van der Waals surface area contributed by atoms with E-state index in [-0.39, 0.29) is 11.8 Å². The van der Waals surface area contributed by atoms with Gasteiger partial charge in [-0.05, 0) is 30.7 Å². The third-order valence-electron chi connectivity index (χ3n) is 3.05. The Kier molecular flexibility index (Phi) is 4.70. The minimum atomic E-state index is 0.0735. The average molecular weight is 296 g/mol. The minimum absolute atomic E-state index is 0.0735. The van der Waals surface area contributed by atoms with Gasteiger partial charge in [0.15, 0.2) is 0 Å². The van der Waals surface area contributed by atoms with Crippen LogP contribution < -0.4 is 5.32 Å². The summed E-state index contributed by atoms with van der Waals surface area (Å²) >= 11 is 12.2. The van der Waals surface area contributed by atoms with Gasteiger partial charge < -0.3 is 10.4 Å². The zero-order valence-corrected chi connectivity index (χ0v) is 12.0. The van der Waals surface area contributed by atoms with Gasteiger partial charge in [0.1, 0.15) is 5.75 Å². The molecule has 0 aliphatic heterocycles. The van der Waals surface area contributed by atoms with Crippen molar-refractivity contribution >= 4 is 23.2 Å². The van der Waals surface area contributed by atoms with E-state index in [0.717, 1.165) is 10.6 Å². The van der Waals surface area contributed by atoms with Gasteiger partial charge in [0.25, 0.3) is 0 Å². The van der Waals surface area contributed by atoms with Gasteiger partial charge in [0.2, 0.25) is 0 Å². The molecule has 2 rings (SSSR count). The number of hydrogen-bond donors (Lipinski definition) is 2. The summed E-state index contributed by atoms with van der Waals surface area (Å²) < 4.78 is 0. The summed E-state index contributed by atoms with van der Waals surface area (Å²) in [7, 11) is 0. The third kappa shape index (κ3) is 3.41. The highest BCUT2D eigenvalue weighted by molar-refractivity contribution is 6.31. The summed E-state index contributed by atoms with van der Waals surface area (Å²) in [6.07, 6.45) is 0. The van der Waals surface area contributed by atoms with Crippen molar-refractivity contribution in [3.63, 3.8) is 0 Å². The summed E-state index contributed by atoms with van der Waals surface area (Å²) in [6.45, 7) is 2.51. The molecule has 2 aromatic rings. The maximum Gasteiger partial charge on any atom is 0.121 e. The molecule has 0 aliphatic carbocycles. The second kappa shape index (κ2) is 6.29. The Balaban J connectivity index is 2.09. The van der Waals surface area contributed by atoms with Crippen LogP contribution >= 0.6 is 23.2 Å². The lowest BCUT2D eigenvalue weighted by molar-refractivity contribution is 0.460. The lowest BCUT2D eigenvalue weighted by Gasteiger charge is -2.16. The van der Waals surface area contributed by atoms with Gasteiger partial charge in [-0.1, -0.05) is 47.5 Å². The number of nitrogens with one attached hydrogen (secondary N) is 1. The Labute approximate surface area is 123 Å². The minimum Gasteiger partial charge on any atom is -0.508 e. The smallest absolute Gasteiger partial charge is 0.121 e. The Morgan fingerprint density at radius 2 is 1.74 bits per heavy atom. The van der Waals surface area contributed by atoms with E-state index in [4.69, 9.17) is 23.2 Å². The molecule has 0 saturated heterocycles. The first-order chi connectivity index (χ1) is 9.09. The largest absolute Gasteiger partial charge is 0.508 e. The van der Waals surface area contributed by atoms with E-state index >= 15 is 0 Å². The topological polar surface area (TPSA) is 32.3 Å². The predicted octanol–water partition coefficient (Wildman–Crippen LogP) is 4.55. The first-order valence-electron chi connectivity index (χ1n) is 6.03. The standard InChI is InChI=1S/C15H15Cl2NO/c1-10(11-5-2-3-6-13(11)16)18-9-12-14(17)7-4-8-15(12)19/h2-8,10,18-19H,9H2,1H3/t10-/m0/s1. The van der Waals surface area contributed by atoms with Crippen LogP contribution in [0, 0.1) is 0 Å². The quantitative estimate of drug-likeness (QED) is 0.867. The van der Waals surface area contributed by atoms with Gasteiger partial charge in [-0.15, -0.1) is 0 Å². The van der Waals surface area contributed by atoms with Crippen molar-refractivity contribution in [1.82, 2.24) is 5.32 Å². The van der Waals surface area contributed by atoms with Gasteiger partial charge in [0.05, 0.1) is 0 Å². The highest BCUT2D eigenvalue weighted by atomic mass is 35.5. The molecular formula is C15H15Cl2NO. The van der Waals surface area contributed by atoms with Crippen molar-refractivity contribution in [1.29, 1.82) is 0 Å². The van der Waals surface area contributed by atoms with E-state index in [1.54, 1.807) is 18.2 Å². The number of phenolic OH excluding ortho intramolecular Hbond substituents is 1. The molecule has 4 heteroatoms. The van der Waals surface area contributed by atoms with Crippen molar-refractivity contribution in [2.75, 3.05) is 0 Å². The Morgan fingerprint density at radius 3 is 2.42 bits per heavy atom. The number of hydrogen-bond acceptors (Lipinski definition) is 2. The highest BCUT2D eigenvalue weighted by Gasteiger charge is 2.11. The molecule has 100 valence electrons. The van der Waals surface area contributed by atoms with E-state index in [1.165, 1.54) is 0 Å². The van der Waals surface area contributed by atoms with Crippen LogP contribution in [0.2, 0.25) is 10.0 Å². The van der Waals surface area contributed by atoms with Crippen LogP contribution in [0.3, 0.4) is 0 Å². The van der Waals surface area contributed by atoms with E-state index in [9.17, 15) is 5.11 Å². The van der Waals surface area contributed by atoms with Crippen molar-refractivity contribution in [2.45, 2.75) is 19.5 Å². The van der Waals surface area contributed by atoms with Gasteiger partial charge in [-0.3, -0.25) is 0 Å². The molecule has 0 amide bonds. The van der Waals surface area contributed by atoms with Gasteiger partial charge in [-0.25, -0.2) is 0 Å². The second-order valence-corrected chi connectivity index (χ2v) is 5.18. The molecule has 0 bridgehead atoms. The average Bonchev–Trinajstić information content (AvgIpc) is 2.38. The van der Waals surface area contributed by atoms with Gasteiger partial charge in [0, 0.05) is 28.2 Å². The Morgan fingerprint density at radius 1 is 1.05 bits per heavy atom. The van der Waals surface area contributed by atoms with Crippen LogP contribution in [-0.2, 0) is 6.54 Å². The molecule has 0 spiro atoms. The van der Waals surface area contributed by atoms with Crippen molar-refractivity contribution in [2.24, 2.45) is 0 Å². The summed E-state index contributed by atoms with van der Waals surface area (Å²) in [4.78, 5) is 0. The number of halogens is 2. The van der Waals surface area contributed by atoms with E-state index < -0.39 is 0 Å². The van der Waals surface area contributed by atoms with Crippen LogP contribution in [-0.4, -0.2) is 5.11 Å². The predicted molar refractivity (Wildman–Crippen MR) is 79.8 cm³/mol. The van der Waals surface area contributed by atoms with E-state index in [1.807, 2.05) is 31.2 Å². The first-order valence-corrected chi connectivity index (χ1v) is 6.79. The Bertz CT molecular complexity index is 552. The summed E-state index contributed by atoms with van der Waals surface area (Å²) in [5, 5.41) is 14.4. The lowest BCUT2D eigenvalue weighted by atomic mass is 10.1. The maximum absolute atomic E-state index is 9.78. The lowest BCUT2D eigenvalue weighted by Crippen LogP contribution is -2.18. The molecule has 0 unspecified atom stereocenters. The molecule has 0 heterocycles. The van der Waals surface area contributed by atoms with Gasteiger partial charge in [-0.2, -0.15) is 0 Å². The monoisotopic (exact) mass is 295 g/mol. The van der Waals surface area contributed by atoms with Crippen molar-refractivity contribution in [3.8, 4) is 5.75 Å². The van der Waals surface area contributed by atoms with E-state index in [2.05, 4.69) is 5.32 Å². The van der Waals surface area contributed by atoms with E-state index in [0.29, 0.717) is 17.1 Å². The maximum atomic E-state index is 9.78. The van der Waals surface area contributed by atoms with Gasteiger partial charge >= 0.3 is 0 Å². The van der Waals surface area contributed by atoms with Crippen LogP contribution in [0.1, 0.15) is 24.1 Å². The fourth-order valence-electron chi connectivity index (χ4n) is 1.91.